The summed E-state index contributed by atoms with van der Waals surface area (Å²) < 4.78 is 13.9. The third kappa shape index (κ3) is 5.70. The second-order valence-electron chi connectivity index (χ2n) is 10.3. The molecule has 4 aromatic rings. The van der Waals surface area contributed by atoms with Gasteiger partial charge in [0.25, 0.3) is 0 Å². The number of para-hydroxylation sites is 2. The number of carbonyl (C=O) groups excluding carboxylic acids is 1. The molecule has 6 nitrogen and oxygen atoms in total. The Hall–Kier alpha value is -4.06. The Bertz CT molecular complexity index is 1500. The zero-order valence-corrected chi connectivity index (χ0v) is 23.3. The molecule has 0 radical (unpaired) electrons. The third-order valence-corrected chi connectivity index (χ3v) is 7.56. The molecule has 0 bridgehead atoms. The summed E-state index contributed by atoms with van der Waals surface area (Å²) in [6.45, 7) is 8.26. The van der Waals surface area contributed by atoms with Crippen molar-refractivity contribution >= 4 is 28.7 Å². The van der Waals surface area contributed by atoms with Gasteiger partial charge in [-0.05, 0) is 86.7 Å². The predicted molar refractivity (Wildman–Crippen MR) is 158 cm³/mol. The number of imidazole rings is 1. The van der Waals surface area contributed by atoms with E-state index in [2.05, 4.69) is 54.8 Å². The van der Waals surface area contributed by atoms with Gasteiger partial charge in [0.15, 0.2) is 11.5 Å². The average Bonchev–Trinajstić information content (AvgIpc) is 3.51. The summed E-state index contributed by atoms with van der Waals surface area (Å²) in [6.07, 6.45) is 6.35. The van der Waals surface area contributed by atoms with E-state index in [1.807, 2.05) is 48.2 Å². The van der Waals surface area contributed by atoms with Gasteiger partial charge in [0.05, 0.1) is 24.8 Å². The van der Waals surface area contributed by atoms with Crippen molar-refractivity contribution < 1.29 is 14.3 Å². The SMILES string of the molecule is C/C=C/c1ccc(OCCCCn2c(C3CC(=O)N(c4ccc(C)c(C)c4)C3)nc3ccccc32)c(OC)c1. The van der Waals surface area contributed by atoms with E-state index < -0.39 is 0 Å². The summed E-state index contributed by atoms with van der Waals surface area (Å²) in [4.78, 5) is 20.0. The van der Waals surface area contributed by atoms with Crippen LogP contribution in [0.2, 0.25) is 0 Å². The average molecular weight is 524 g/mol. The van der Waals surface area contributed by atoms with Crippen LogP contribution < -0.4 is 14.4 Å². The molecule has 1 atom stereocenters. The van der Waals surface area contributed by atoms with Crippen LogP contribution in [0.1, 0.15) is 54.6 Å². The molecule has 2 heterocycles. The highest BCUT2D eigenvalue weighted by molar-refractivity contribution is 5.96. The highest BCUT2D eigenvalue weighted by Crippen LogP contribution is 2.34. The molecule has 3 aromatic carbocycles. The fourth-order valence-corrected chi connectivity index (χ4v) is 5.32. The van der Waals surface area contributed by atoms with Crippen molar-refractivity contribution in [2.24, 2.45) is 0 Å². The standard InChI is InChI=1S/C33H37N3O3/c1-5-10-25-14-16-30(31(20-25)38-4)39-18-9-8-17-35-29-12-7-6-11-28(29)34-33(35)26-21-32(37)36(22-26)27-15-13-23(2)24(3)19-27/h5-7,10-16,19-20,26H,8-9,17-18,21-22H2,1-4H3/b10-5+. The summed E-state index contributed by atoms with van der Waals surface area (Å²) in [7, 11) is 1.67. The molecule has 0 spiro atoms. The predicted octanol–water partition coefficient (Wildman–Crippen LogP) is 7.07. The van der Waals surface area contributed by atoms with Gasteiger partial charge in [-0.3, -0.25) is 4.79 Å². The van der Waals surface area contributed by atoms with Crippen LogP contribution in [0, 0.1) is 13.8 Å². The van der Waals surface area contributed by atoms with Gasteiger partial charge in [0, 0.05) is 31.1 Å². The van der Waals surface area contributed by atoms with Crippen molar-refractivity contribution in [3.05, 3.63) is 89.3 Å². The number of aromatic nitrogens is 2. The number of ether oxygens (including phenoxy) is 2. The highest BCUT2D eigenvalue weighted by Gasteiger charge is 2.34. The van der Waals surface area contributed by atoms with Gasteiger partial charge in [-0.2, -0.15) is 0 Å². The van der Waals surface area contributed by atoms with Gasteiger partial charge < -0.3 is 18.9 Å². The molecule has 1 aliphatic heterocycles. The molecule has 1 saturated heterocycles. The summed E-state index contributed by atoms with van der Waals surface area (Å²) in [5.41, 5.74) is 6.59. The number of carbonyl (C=O) groups is 1. The van der Waals surface area contributed by atoms with Gasteiger partial charge >= 0.3 is 0 Å². The lowest BCUT2D eigenvalue weighted by Crippen LogP contribution is -2.24. The Morgan fingerprint density at radius 1 is 1.00 bits per heavy atom. The second-order valence-corrected chi connectivity index (χ2v) is 10.3. The minimum atomic E-state index is 0.0581. The molecule has 0 N–H and O–H groups in total. The van der Waals surface area contributed by atoms with Crippen LogP contribution in [0.4, 0.5) is 5.69 Å². The van der Waals surface area contributed by atoms with Crippen molar-refractivity contribution in [1.29, 1.82) is 0 Å². The first-order chi connectivity index (χ1) is 19.0. The fourth-order valence-electron chi connectivity index (χ4n) is 5.32. The normalized spacial score (nSPS) is 15.5. The Morgan fingerprint density at radius 3 is 2.64 bits per heavy atom. The van der Waals surface area contributed by atoms with Crippen LogP contribution in [-0.2, 0) is 11.3 Å². The van der Waals surface area contributed by atoms with Crippen molar-refractivity contribution in [1.82, 2.24) is 9.55 Å². The molecule has 1 aromatic heterocycles. The number of methoxy groups -OCH3 is 1. The number of fused-ring (bicyclic) bond motifs is 1. The number of anilines is 1. The molecule has 6 heteroatoms. The number of amides is 1. The summed E-state index contributed by atoms with van der Waals surface area (Å²) in [5, 5.41) is 0. The molecule has 1 unspecified atom stereocenters. The zero-order valence-electron chi connectivity index (χ0n) is 23.3. The third-order valence-electron chi connectivity index (χ3n) is 7.56. The van der Waals surface area contributed by atoms with Crippen LogP contribution in [0.25, 0.3) is 17.1 Å². The molecule has 1 amide bonds. The first-order valence-corrected chi connectivity index (χ1v) is 13.7. The Kier molecular flexibility index (Phi) is 8.01. The lowest BCUT2D eigenvalue weighted by atomic mass is 10.1. The van der Waals surface area contributed by atoms with Crippen LogP contribution in [0.5, 0.6) is 11.5 Å². The van der Waals surface area contributed by atoms with E-state index in [1.165, 1.54) is 11.1 Å². The number of rotatable bonds is 10. The van der Waals surface area contributed by atoms with E-state index in [-0.39, 0.29) is 11.8 Å². The zero-order chi connectivity index (χ0) is 27.4. The largest absolute Gasteiger partial charge is 0.493 e. The van der Waals surface area contributed by atoms with Gasteiger partial charge in [0.1, 0.15) is 5.82 Å². The molecular weight excluding hydrogens is 486 g/mol. The first-order valence-electron chi connectivity index (χ1n) is 13.7. The molecule has 0 saturated carbocycles. The van der Waals surface area contributed by atoms with Crippen molar-refractivity contribution in [3.8, 4) is 11.5 Å². The Morgan fingerprint density at radius 2 is 1.85 bits per heavy atom. The van der Waals surface area contributed by atoms with E-state index in [1.54, 1.807) is 7.11 Å². The molecular formula is C33H37N3O3. The Labute approximate surface area is 230 Å². The lowest BCUT2D eigenvalue weighted by molar-refractivity contribution is -0.117. The van der Waals surface area contributed by atoms with Gasteiger partial charge in [-0.25, -0.2) is 4.98 Å². The minimum Gasteiger partial charge on any atom is -0.493 e. The highest BCUT2D eigenvalue weighted by atomic mass is 16.5. The number of hydrogen-bond donors (Lipinski definition) is 0. The van der Waals surface area contributed by atoms with Gasteiger partial charge in [-0.1, -0.05) is 36.4 Å². The van der Waals surface area contributed by atoms with E-state index in [4.69, 9.17) is 14.5 Å². The molecule has 1 aliphatic rings. The monoisotopic (exact) mass is 523 g/mol. The molecule has 5 rings (SSSR count). The van der Waals surface area contributed by atoms with E-state index >= 15 is 0 Å². The number of benzene rings is 3. The number of allylic oxidation sites excluding steroid dienone is 1. The molecule has 39 heavy (non-hydrogen) atoms. The maximum Gasteiger partial charge on any atom is 0.227 e. The van der Waals surface area contributed by atoms with E-state index in [0.717, 1.165) is 59.0 Å². The second kappa shape index (κ2) is 11.8. The quantitative estimate of drug-likeness (QED) is 0.209. The molecule has 202 valence electrons. The Balaban J connectivity index is 1.27. The first kappa shape index (κ1) is 26.5. The summed E-state index contributed by atoms with van der Waals surface area (Å²) in [5.74, 6) is 2.72. The van der Waals surface area contributed by atoms with Crippen molar-refractivity contribution in [2.45, 2.75) is 52.5 Å². The van der Waals surface area contributed by atoms with Crippen molar-refractivity contribution in [3.63, 3.8) is 0 Å². The maximum absolute atomic E-state index is 13.1. The topological polar surface area (TPSA) is 56.6 Å². The number of hydrogen-bond acceptors (Lipinski definition) is 4. The summed E-state index contributed by atoms with van der Waals surface area (Å²) in [6, 6.07) is 20.5. The van der Waals surface area contributed by atoms with Crippen LogP contribution in [0.3, 0.4) is 0 Å². The number of nitrogens with zero attached hydrogens (tertiary/aromatic N) is 3. The fraction of sp³-hybridized carbons (Fsp3) is 0.333. The minimum absolute atomic E-state index is 0.0581. The van der Waals surface area contributed by atoms with Crippen molar-refractivity contribution in [2.75, 3.05) is 25.2 Å². The smallest absolute Gasteiger partial charge is 0.227 e. The number of unbranched alkanes of at least 4 members (excludes halogenated alkanes) is 1. The lowest BCUT2D eigenvalue weighted by Gasteiger charge is -2.18. The van der Waals surface area contributed by atoms with Crippen LogP contribution in [-0.4, -0.2) is 35.7 Å². The van der Waals surface area contributed by atoms with Gasteiger partial charge in [-0.15, -0.1) is 0 Å². The van der Waals surface area contributed by atoms with Gasteiger partial charge in [0.2, 0.25) is 5.91 Å². The molecule has 0 aliphatic carbocycles. The maximum atomic E-state index is 13.1. The van der Waals surface area contributed by atoms with E-state index in [0.29, 0.717) is 19.6 Å². The van der Waals surface area contributed by atoms with Crippen LogP contribution in [0.15, 0.2) is 66.7 Å². The van der Waals surface area contributed by atoms with E-state index in [9.17, 15) is 4.79 Å². The van der Waals surface area contributed by atoms with Crippen LogP contribution >= 0.6 is 0 Å². The molecule has 1 fully saturated rings. The summed E-state index contributed by atoms with van der Waals surface area (Å²) >= 11 is 0. The number of aryl methyl sites for hydroxylation is 3.